The number of nitrogens with zero attached hydrogens (tertiary/aromatic N) is 1. The van der Waals surface area contributed by atoms with Gasteiger partial charge in [0.1, 0.15) is 4.90 Å². The zero-order chi connectivity index (χ0) is 14.6. The van der Waals surface area contributed by atoms with Gasteiger partial charge in [-0.25, -0.2) is 13.1 Å². The van der Waals surface area contributed by atoms with Crippen molar-refractivity contribution in [3.05, 3.63) is 64.7 Å². The fraction of sp³-hybridized carbons (Fsp3) is 0.0714. The lowest BCUT2D eigenvalue weighted by atomic mass is 10.2. The first kappa shape index (κ1) is 14.5. The molecule has 0 radical (unpaired) electrons. The molecule has 0 heterocycles. The number of nitriles is 1. The van der Waals surface area contributed by atoms with Crippen LogP contribution in [-0.4, -0.2) is 8.42 Å². The van der Waals surface area contributed by atoms with Crippen LogP contribution in [-0.2, 0) is 16.6 Å². The Hall–Kier alpha value is -1.87. The second-order valence-corrected chi connectivity index (χ2v) is 6.21. The molecule has 0 aliphatic rings. The first-order valence-corrected chi connectivity index (χ1v) is 7.62. The Kier molecular flexibility index (Phi) is 4.40. The SMILES string of the molecule is N#Cc1ccc(S(=O)(=O)NCc2ccccc2)c(Cl)c1. The molecule has 6 heteroatoms. The van der Waals surface area contributed by atoms with Crippen molar-refractivity contribution >= 4 is 21.6 Å². The molecule has 0 aliphatic heterocycles. The molecule has 102 valence electrons. The minimum atomic E-state index is -3.71. The first-order valence-electron chi connectivity index (χ1n) is 5.76. The summed E-state index contributed by atoms with van der Waals surface area (Å²) in [4.78, 5) is -0.0332. The second kappa shape index (κ2) is 6.06. The molecular weight excluding hydrogens is 296 g/mol. The van der Waals surface area contributed by atoms with Crippen LogP contribution in [0.25, 0.3) is 0 Å². The zero-order valence-electron chi connectivity index (χ0n) is 10.4. The van der Waals surface area contributed by atoms with Gasteiger partial charge in [-0.05, 0) is 23.8 Å². The number of benzene rings is 2. The average Bonchev–Trinajstić information content (AvgIpc) is 2.46. The molecule has 2 aromatic carbocycles. The van der Waals surface area contributed by atoms with E-state index >= 15 is 0 Å². The molecule has 4 nitrogen and oxygen atoms in total. The molecule has 20 heavy (non-hydrogen) atoms. The predicted molar refractivity (Wildman–Crippen MR) is 76.6 cm³/mol. The van der Waals surface area contributed by atoms with Crippen LogP contribution in [0.5, 0.6) is 0 Å². The molecule has 0 aliphatic carbocycles. The number of sulfonamides is 1. The molecule has 1 N–H and O–H groups in total. The standard InChI is InChI=1S/C14H11ClN2O2S/c15-13-8-12(9-16)6-7-14(13)20(18,19)17-10-11-4-2-1-3-5-11/h1-8,17H,10H2. The predicted octanol–water partition coefficient (Wildman–Crippen LogP) is 2.69. The van der Waals surface area contributed by atoms with E-state index in [-0.39, 0.29) is 16.5 Å². The number of hydrogen-bond acceptors (Lipinski definition) is 3. The second-order valence-electron chi connectivity index (χ2n) is 4.07. The monoisotopic (exact) mass is 306 g/mol. The Bertz CT molecular complexity index is 752. The molecule has 0 spiro atoms. The molecule has 2 aromatic rings. The van der Waals surface area contributed by atoms with Crippen LogP contribution in [0.3, 0.4) is 0 Å². The topological polar surface area (TPSA) is 70.0 Å². The summed E-state index contributed by atoms with van der Waals surface area (Å²) in [6.07, 6.45) is 0. The first-order chi connectivity index (χ1) is 9.53. The summed E-state index contributed by atoms with van der Waals surface area (Å²) < 4.78 is 26.8. The summed E-state index contributed by atoms with van der Waals surface area (Å²) in [6.45, 7) is 0.180. The summed E-state index contributed by atoms with van der Waals surface area (Å²) in [5.74, 6) is 0. The lowest BCUT2D eigenvalue weighted by Gasteiger charge is -2.08. The van der Waals surface area contributed by atoms with Crippen LogP contribution >= 0.6 is 11.6 Å². The largest absolute Gasteiger partial charge is 0.242 e. The minimum Gasteiger partial charge on any atom is -0.207 e. The third kappa shape index (κ3) is 3.36. The molecular formula is C14H11ClN2O2S. The van der Waals surface area contributed by atoms with Crippen molar-refractivity contribution in [2.75, 3.05) is 0 Å². The average molecular weight is 307 g/mol. The molecule has 0 unspecified atom stereocenters. The summed E-state index contributed by atoms with van der Waals surface area (Å²) >= 11 is 5.90. The molecule has 0 saturated heterocycles. The molecule has 0 bridgehead atoms. The summed E-state index contributed by atoms with van der Waals surface area (Å²) in [5, 5.41) is 8.77. The smallest absolute Gasteiger partial charge is 0.207 e. The van der Waals surface area contributed by atoms with E-state index in [9.17, 15) is 8.42 Å². The number of halogens is 1. The van der Waals surface area contributed by atoms with Crippen LogP contribution in [0.1, 0.15) is 11.1 Å². The van der Waals surface area contributed by atoms with Gasteiger partial charge in [-0.1, -0.05) is 41.9 Å². The van der Waals surface area contributed by atoms with Crippen molar-refractivity contribution in [3.8, 4) is 6.07 Å². The fourth-order valence-electron chi connectivity index (χ4n) is 1.64. The van der Waals surface area contributed by atoms with E-state index < -0.39 is 10.0 Å². The van der Waals surface area contributed by atoms with Crippen molar-refractivity contribution in [2.24, 2.45) is 0 Å². The number of hydrogen-bond donors (Lipinski definition) is 1. The quantitative estimate of drug-likeness (QED) is 0.944. The van der Waals surface area contributed by atoms with E-state index in [0.29, 0.717) is 5.56 Å². The molecule has 2 rings (SSSR count). The lowest BCUT2D eigenvalue weighted by molar-refractivity contribution is 0.581. The Morgan fingerprint density at radius 1 is 1.15 bits per heavy atom. The van der Waals surface area contributed by atoms with Crippen molar-refractivity contribution in [1.82, 2.24) is 4.72 Å². The molecule has 0 fully saturated rings. The maximum Gasteiger partial charge on any atom is 0.242 e. The van der Waals surface area contributed by atoms with Gasteiger partial charge in [0.2, 0.25) is 10.0 Å². The third-order valence-corrected chi connectivity index (χ3v) is 4.54. The van der Waals surface area contributed by atoms with Gasteiger partial charge in [-0.3, -0.25) is 0 Å². The number of rotatable bonds is 4. The minimum absolute atomic E-state index is 0.0320. The van der Waals surface area contributed by atoms with Gasteiger partial charge in [-0.2, -0.15) is 5.26 Å². The zero-order valence-corrected chi connectivity index (χ0v) is 11.9. The van der Waals surface area contributed by atoms with E-state index in [1.807, 2.05) is 36.4 Å². The van der Waals surface area contributed by atoms with Gasteiger partial charge in [0, 0.05) is 6.54 Å². The molecule has 0 atom stereocenters. The van der Waals surface area contributed by atoms with Gasteiger partial charge < -0.3 is 0 Å². The van der Waals surface area contributed by atoms with Gasteiger partial charge in [0.15, 0.2) is 0 Å². The maximum atomic E-state index is 12.1. The van der Waals surface area contributed by atoms with Crippen LogP contribution < -0.4 is 4.72 Å². The van der Waals surface area contributed by atoms with Gasteiger partial charge in [0.05, 0.1) is 16.7 Å². The Morgan fingerprint density at radius 2 is 1.85 bits per heavy atom. The third-order valence-electron chi connectivity index (χ3n) is 2.66. The van der Waals surface area contributed by atoms with E-state index in [2.05, 4.69) is 4.72 Å². The van der Waals surface area contributed by atoms with E-state index in [0.717, 1.165) is 5.56 Å². The van der Waals surface area contributed by atoms with Crippen molar-refractivity contribution < 1.29 is 8.42 Å². The number of nitrogens with one attached hydrogen (secondary N) is 1. The van der Waals surface area contributed by atoms with Crippen LogP contribution in [0.15, 0.2) is 53.4 Å². The van der Waals surface area contributed by atoms with Crippen LogP contribution in [0.4, 0.5) is 0 Å². The van der Waals surface area contributed by atoms with Gasteiger partial charge in [0.25, 0.3) is 0 Å². The Balaban J connectivity index is 2.21. The van der Waals surface area contributed by atoms with Crippen molar-refractivity contribution in [3.63, 3.8) is 0 Å². The van der Waals surface area contributed by atoms with Crippen molar-refractivity contribution in [1.29, 1.82) is 5.26 Å². The molecule has 0 saturated carbocycles. The van der Waals surface area contributed by atoms with Gasteiger partial charge in [-0.15, -0.1) is 0 Å². The lowest BCUT2D eigenvalue weighted by Crippen LogP contribution is -2.23. The summed E-state index contributed by atoms with van der Waals surface area (Å²) in [6, 6.07) is 15.1. The summed E-state index contributed by atoms with van der Waals surface area (Å²) in [7, 11) is -3.71. The summed E-state index contributed by atoms with van der Waals surface area (Å²) in [5.41, 5.74) is 1.16. The Labute approximate surface area is 122 Å². The van der Waals surface area contributed by atoms with Gasteiger partial charge >= 0.3 is 0 Å². The highest BCUT2D eigenvalue weighted by molar-refractivity contribution is 7.89. The highest BCUT2D eigenvalue weighted by Gasteiger charge is 2.17. The van der Waals surface area contributed by atoms with E-state index in [1.54, 1.807) is 0 Å². The normalized spacial score (nSPS) is 11.0. The van der Waals surface area contributed by atoms with E-state index in [4.69, 9.17) is 16.9 Å². The highest BCUT2D eigenvalue weighted by Crippen LogP contribution is 2.22. The highest BCUT2D eigenvalue weighted by atomic mass is 35.5. The maximum absolute atomic E-state index is 12.1. The van der Waals surface area contributed by atoms with Crippen LogP contribution in [0, 0.1) is 11.3 Å². The Morgan fingerprint density at radius 3 is 2.45 bits per heavy atom. The van der Waals surface area contributed by atoms with Crippen LogP contribution in [0.2, 0.25) is 5.02 Å². The molecule has 0 aromatic heterocycles. The molecule has 0 amide bonds. The van der Waals surface area contributed by atoms with E-state index in [1.165, 1.54) is 18.2 Å². The fourth-order valence-corrected chi connectivity index (χ4v) is 3.20. The van der Waals surface area contributed by atoms with Crippen molar-refractivity contribution in [2.45, 2.75) is 11.4 Å².